The van der Waals surface area contributed by atoms with Crippen LogP contribution < -0.4 is 0 Å². The number of nitrogens with zero attached hydrogens (tertiary/aromatic N) is 3. The molecule has 1 saturated heterocycles. The van der Waals surface area contributed by atoms with E-state index >= 15 is 0 Å². The molecule has 6 heteroatoms. The molecular formula is C18H23N3O3. The van der Waals surface area contributed by atoms with Crippen molar-refractivity contribution in [2.75, 3.05) is 26.2 Å². The van der Waals surface area contributed by atoms with Gasteiger partial charge in [-0.3, -0.25) is 9.59 Å². The van der Waals surface area contributed by atoms with Gasteiger partial charge in [0.15, 0.2) is 5.76 Å². The Labute approximate surface area is 141 Å². The standard InChI is InChI=1S/C18H23N3O3/c1-18(2,3)21-7-6-14(13-21)16(22)19-8-10-20(11-9-19)17(23)15-5-4-12-24-15/h4-7,12-13H,8-11H2,1-3H3. The van der Waals surface area contributed by atoms with E-state index in [1.165, 1.54) is 6.26 Å². The number of furan rings is 1. The number of carbonyl (C=O) groups excluding carboxylic acids is 2. The van der Waals surface area contributed by atoms with Crippen LogP contribution in [0.4, 0.5) is 0 Å². The number of aromatic nitrogens is 1. The lowest BCUT2D eigenvalue weighted by Gasteiger charge is -2.34. The molecular weight excluding hydrogens is 306 g/mol. The number of rotatable bonds is 2. The summed E-state index contributed by atoms with van der Waals surface area (Å²) >= 11 is 0. The fraction of sp³-hybridized carbons (Fsp3) is 0.444. The van der Waals surface area contributed by atoms with E-state index in [1.807, 2.05) is 23.0 Å². The fourth-order valence-corrected chi connectivity index (χ4v) is 2.79. The highest BCUT2D eigenvalue weighted by Gasteiger charge is 2.27. The molecule has 0 aromatic carbocycles. The van der Waals surface area contributed by atoms with Crippen molar-refractivity contribution in [3.63, 3.8) is 0 Å². The predicted octanol–water partition coefficient (Wildman–Crippen LogP) is 2.43. The molecule has 24 heavy (non-hydrogen) atoms. The van der Waals surface area contributed by atoms with Gasteiger partial charge >= 0.3 is 0 Å². The zero-order valence-electron chi connectivity index (χ0n) is 14.4. The summed E-state index contributed by atoms with van der Waals surface area (Å²) in [4.78, 5) is 28.4. The summed E-state index contributed by atoms with van der Waals surface area (Å²) in [7, 11) is 0. The van der Waals surface area contributed by atoms with Gasteiger partial charge in [0, 0.05) is 44.1 Å². The quantitative estimate of drug-likeness (QED) is 0.850. The van der Waals surface area contributed by atoms with Crippen LogP contribution in [0.25, 0.3) is 0 Å². The van der Waals surface area contributed by atoms with Crippen LogP contribution in [-0.4, -0.2) is 52.4 Å². The smallest absolute Gasteiger partial charge is 0.289 e. The monoisotopic (exact) mass is 329 g/mol. The maximum Gasteiger partial charge on any atom is 0.289 e. The first kappa shape index (κ1) is 16.4. The van der Waals surface area contributed by atoms with Crippen molar-refractivity contribution in [2.24, 2.45) is 0 Å². The van der Waals surface area contributed by atoms with E-state index in [-0.39, 0.29) is 17.4 Å². The summed E-state index contributed by atoms with van der Waals surface area (Å²) in [6.07, 6.45) is 5.32. The Morgan fingerprint density at radius 1 is 1.00 bits per heavy atom. The average Bonchev–Trinajstić information content (AvgIpc) is 3.24. The Balaban J connectivity index is 1.61. The lowest BCUT2D eigenvalue weighted by molar-refractivity contribution is 0.0518. The average molecular weight is 329 g/mol. The third kappa shape index (κ3) is 3.22. The maximum absolute atomic E-state index is 12.6. The highest BCUT2D eigenvalue weighted by Crippen LogP contribution is 2.18. The van der Waals surface area contributed by atoms with Gasteiger partial charge in [0.2, 0.25) is 0 Å². The molecule has 128 valence electrons. The van der Waals surface area contributed by atoms with Crippen molar-refractivity contribution >= 4 is 11.8 Å². The van der Waals surface area contributed by atoms with Crippen molar-refractivity contribution in [1.29, 1.82) is 0 Å². The van der Waals surface area contributed by atoms with Gasteiger partial charge in [0.05, 0.1) is 11.8 Å². The zero-order chi connectivity index (χ0) is 17.3. The molecule has 0 aliphatic carbocycles. The second kappa shape index (κ2) is 6.19. The molecule has 0 spiro atoms. The van der Waals surface area contributed by atoms with Gasteiger partial charge in [-0.15, -0.1) is 0 Å². The Hall–Kier alpha value is -2.50. The van der Waals surface area contributed by atoms with Crippen LogP contribution in [0.15, 0.2) is 41.3 Å². The Kier molecular flexibility index (Phi) is 4.22. The number of hydrogen-bond acceptors (Lipinski definition) is 3. The minimum atomic E-state index is -0.119. The molecule has 2 amide bonds. The van der Waals surface area contributed by atoms with E-state index in [0.29, 0.717) is 37.5 Å². The van der Waals surface area contributed by atoms with Crippen LogP contribution in [0.2, 0.25) is 0 Å². The van der Waals surface area contributed by atoms with E-state index < -0.39 is 0 Å². The lowest BCUT2D eigenvalue weighted by Crippen LogP contribution is -2.50. The SMILES string of the molecule is CC(C)(C)n1ccc(C(=O)N2CCN(C(=O)c3ccco3)CC2)c1. The van der Waals surface area contributed by atoms with Crippen LogP contribution in [-0.2, 0) is 5.54 Å². The molecule has 0 N–H and O–H groups in total. The highest BCUT2D eigenvalue weighted by atomic mass is 16.3. The molecule has 1 aliphatic heterocycles. The molecule has 2 aromatic rings. The summed E-state index contributed by atoms with van der Waals surface area (Å²) in [6, 6.07) is 5.22. The molecule has 0 saturated carbocycles. The molecule has 1 aliphatic rings. The van der Waals surface area contributed by atoms with Crippen molar-refractivity contribution in [3.05, 3.63) is 48.2 Å². The van der Waals surface area contributed by atoms with Crippen molar-refractivity contribution in [1.82, 2.24) is 14.4 Å². The molecule has 3 rings (SSSR count). The van der Waals surface area contributed by atoms with Crippen molar-refractivity contribution in [3.8, 4) is 0 Å². The summed E-state index contributed by atoms with van der Waals surface area (Å²) in [5.74, 6) is 0.242. The molecule has 2 aromatic heterocycles. The van der Waals surface area contributed by atoms with Crippen LogP contribution in [0.5, 0.6) is 0 Å². The topological polar surface area (TPSA) is 58.7 Å². The molecule has 0 atom stereocenters. The Morgan fingerprint density at radius 3 is 2.12 bits per heavy atom. The van der Waals surface area contributed by atoms with E-state index in [1.54, 1.807) is 21.9 Å². The second-order valence-corrected chi connectivity index (χ2v) is 7.04. The molecule has 0 bridgehead atoms. The molecule has 6 nitrogen and oxygen atoms in total. The second-order valence-electron chi connectivity index (χ2n) is 7.04. The molecule has 0 radical (unpaired) electrons. The molecule has 0 unspecified atom stereocenters. The first-order chi connectivity index (χ1) is 11.4. The van der Waals surface area contributed by atoms with Gasteiger partial charge in [-0.1, -0.05) is 0 Å². The number of amides is 2. The summed E-state index contributed by atoms with van der Waals surface area (Å²) < 4.78 is 7.19. The molecule has 3 heterocycles. The Morgan fingerprint density at radius 2 is 1.62 bits per heavy atom. The Bertz CT molecular complexity index is 717. The normalized spacial score (nSPS) is 15.6. The van der Waals surface area contributed by atoms with E-state index in [9.17, 15) is 9.59 Å². The first-order valence-corrected chi connectivity index (χ1v) is 8.17. The van der Waals surface area contributed by atoms with Crippen molar-refractivity contribution in [2.45, 2.75) is 26.3 Å². The molecule has 1 fully saturated rings. The number of piperazine rings is 1. The minimum Gasteiger partial charge on any atom is -0.459 e. The number of hydrogen-bond donors (Lipinski definition) is 0. The van der Waals surface area contributed by atoms with Gasteiger partial charge in [-0.25, -0.2) is 0 Å². The third-order valence-electron chi connectivity index (χ3n) is 4.30. The van der Waals surface area contributed by atoms with Gasteiger partial charge in [0.1, 0.15) is 0 Å². The van der Waals surface area contributed by atoms with E-state index in [0.717, 1.165) is 0 Å². The third-order valence-corrected chi connectivity index (χ3v) is 4.30. The van der Waals surface area contributed by atoms with E-state index in [4.69, 9.17) is 4.42 Å². The number of carbonyl (C=O) groups is 2. The van der Waals surface area contributed by atoms with Crippen LogP contribution >= 0.6 is 0 Å². The lowest BCUT2D eigenvalue weighted by atomic mass is 10.1. The van der Waals surface area contributed by atoms with Gasteiger partial charge in [-0.2, -0.15) is 0 Å². The fourth-order valence-electron chi connectivity index (χ4n) is 2.79. The summed E-state index contributed by atoms with van der Waals surface area (Å²) in [5.41, 5.74) is 0.642. The van der Waals surface area contributed by atoms with Gasteiger partial charge in [-0.05, 0) is 39.0 Å². The van der Waals surface area contributed by atoms with Gasteiger partial charge < -0.3 is 18.8 Å². The minimum absolute atomic E-state index is 0.0168. The van der Waals surface area contributed by atoms with Gasteiger partial charge in [0.25, 0.3) is 11.8 Å². The van der Waals surface area contributed by atoms with Crippen LogP contribution in [0, 0.1) is 0 Å². The summed E-state index contributed by atoms with van der Waals surface area (Å²) in [5, 5.41) is 0. The highest BCUT2D eigenvalue weighted by molar-refractivity contribution is 5.95. The van der Waals surface area contributed by atoms with Crippen LogP contribution in [0.1, 0.15) is 41.7 Å². The largest absolute Gasteiger partial charge is 0.459 e. The maximum atomic E-state index is 12.6. The predicted molar refractivity (Wildman–Crippen MR) is 89.9 cm³/mol. The van der Waals surface area contributed by atoms with Crippen molar-refractivity contribution < 1.29 is 14.0 Å². The van der Waals surface area contributed by atoms with E-state index in [2.05, 4.69) is 20.8 Å². The van der Waals surface area contributed by atoms with Crippen LogP contribution in [0.3, 0.4) is 0 Å². The summed E-state index contributed by atoms with van der Waals surface area (Å²) in [6.45, 7) is 8.40. The zero-order valence-corrected chi connectivity index (χ0v) is 14.4. The first-order valence-electron chi connectivity index (χ1n) is 8.17.